The van der Waals surface area contributed by atoms with Crippen molar-refractivity contribution in [3.63, 3.8) is 0 Å². The molecule has 1 aliphatic heterocycles. The van der Waals surface area contributed by atoms with Gasteiger partial charge in [-0.3, -0.25) is 14.5 Å². The normalized spacial score (nSPS) is 16.5. The Morgan fingerprint density at radius 2 is 1.82 bits per heavy atom. The van der Waals surface area contributed by atoms with E-state index in [1.807, 2.05) is 13.8 Å². The molecule has 1 aromatic heterocycles. The number of benzene rings is 2. The van der Waals surface area contributed by atoms with Crippen LogP contribution in [0.3, 0.4) is 0 Å². The fourth-order valence-corrected chi connectivity index (χ4v) is 4.99. The summed E-state index contributed by atoms with van der Waals surface area (Å²) >= 11 is 0.905. The van der Waals surface area contributed by atoms with E-state index in [1.165, 1.54) is 18.2 Å². The van der Waals surface area contributed by atoms with E-state index in [1.54, 1.807) is 43.3 Å². The van der Waals surface area contributed by atoms with Crippen molar-refractivity contribution in [2.24, 2.45) is 5.92 Å². The zero-order valence-corrected chi connectivity index (χ0v) is 22.5. The standard InChI is InChI=1S/C29H28N2O7S/c1-5-14-37-28(36)26-17(4)30-29(39-26)31-23(18-6-10-20(32)11-7-18)22(25(34)27(31)35)24(33)19-8-12-21(13-9-19)38-15-16(2)3/h5-13,16,23,32-33H,1,14-15H2,2-4H3/b24-22+. The predicted molar refractivity (Wildman–Crippen MR) is 147 cm³/mol. The van der Waals surface area contributed by atoms with Crippen molar-refractivity contribution in [2.45, 2.75) is 26.8 Å². The van der Waals surface area contributed by atoms with Gasteiger partial charge in [0.25, 0.3) is 5.78 Å². The molecule has 0 aliphatic carbocycles. The van der Waals surface area contributed by atoms with Crippen molar-refractivity contribution < 1.29 is 34.1 Å². The summed E-state index contributed by atoms with van der Waals surface area (Å²) in [5.74, 6) is -1.90. The average molecular weight is 549 g/mol. The fraction of sp³-hybridized carbons (Fsp3) is 0.241. The Bertz CT molecular complexity index is 1440. The number of aryl methyl sites for hydroxylation is 1. The van der Waals surface area contributed by atoms with E-state index in [0.29, 0.717) is 35.1 Å². The Labute approximate surface area is 229 Å². The zero-order chi connectivity index (χ0) is 28.3. The molecule has 1 fully saturated rings. The number of aromatic hydroxyl groups is 1. The first-order valence-corrected chi connectivity index (χ1v) is 13.0. The molecule has 4 rings (SSSR count). The number of anilines is 1. The van der Waals surface area contributed by atoms with Crippen LogP contribution in [0.2, 0.25) is 0 Å². The highest BCUT2D eigenvalue weighted by Gasteiger charge is 2.48. The van der Waals surface area contributed by atoms with Crippen LogP contribution in [0.25, 0.3) is 5.76 Å². The average Bonchev–Trinajstić information content (AvgIpc) is 3.43. The molecule has 0 saturated carbocycles. The van der Waals surface area contributed by atoms with Crippen LogP contribution in [0.15, 0.2) is 66.8 Å². The molecule has 202 valence electrons. The van der Waals surface area contributed by atoms with Crippen LogP contribution in [0.1, 0.15) is 46.4 Å². The number of nitrogens with zero attached hydrogens (tertiary/aromatic N) is 2. The lowest BCUT2D eigenvalue weighted by atomic mass is 9.95. The Morgan fingerprint density at radius 3 is 2.44 bits per heavy atom. The number of ether oxygens (including phenoxy) is 2. The summed E-state index contributed by atoms with van der Waals surface area (Å²) in [5, 5.41) is 21.2. The first kappa shape index (κ1) is 27.6. The first-order chi connectivity index (χ1) is 18.6. The Balaban J connectivity index is 1.80. The molecule has 0 bridgehead atoms. The summed E-state index contributed by atoms with van der Waals surface area (Å²) in [5.41, 5.74) is 0.948. The summed E-state index contributed by atoms with van der Waals surface area (Å²) in [6.07, 6.45) is 1.43. The minimum Gasteiger partial charge on any atom is -0.508 e. The van der Waals surface area contributed by atoms with Crippen molar-refractivity contribution in [1.29, 1.82) is 0 Å². The van der Waals surface area contributed by atoms with Gasteiger partial charge in [0.1, 0.15) is 28.7 Å². The maximum absolute atomic E-state index is 13.4. The molecule has 2 aromatic carbocycles. The minimum atomic E-state index is -1.06. The Morgan fingerprint density at radius 1 is 1.15 bits per heavy atom. The quantitative estimate of drug-likeness (QED) is 0.123. The molecular weight excluding hydrogens is 520 g/mol. The molecule has 2 heterocycles. The van der Waals surface area contributed by atoms with Crippen LogP contribution in [0.5, 0.6) is 11.5 Å². The van der Waals surface area contributed by atoms with E-state index in [0.717, 1.165) is 16.2 Å². The lowest BCUT2D eigenvalue weighted by Crippen LogP contribution is -2.29. The van der Waals surface area contributed by atoms with E-state index >= 15 is 0 Å². The van der Waals surface area contributed by atoms with E-state index in [4.69, 9.17) is 9.47 Å². The molecular formula is C29H28N2O7S. The summed E-state index contributed by atoms with van der Waals surface area (Å²) in [4.78, 5) is 44.9. The van der Waals surface area contributed by atoms with Crippen LogP contribution < -0.4 is 9.64 Å². The van der Waals surface area contributed by atoms with Gasteiger partial charge in [0, 0.05) is 5.56 Å². The molecule has 3 aromatic rings. The van der Waals surface area contributed by atoms with Crippen molar-refractivity contribution in [3.05, 3.63) is 88.5 Å². The van der Waals surface area contributed by atoms with Crippen LogP contribution in [0, 0.1) is 12.8 Å². The minimum absolute atomic E-state index is 0.00479. The molecule has 9 nitrogen and oxygen atoms in total. The van der Waals surface area contributed by atoms with Gasteiger partial charge in [-0.05, 0) is 54.8 Å². The van der Waals surface area contributed by atoms with Gasteiger partial charge in [-0.15, -0.1) is 0 Å². The number of aliphatic hydroxyl groups excluding tert-OH is 1. The monoisotopic (exact) mass is 548 g/mol. The molecule has 1 amide bonds. The number of hydrogen-bond acceptors (Lipinski definition) is 9. The number of hydrogen-bond donors (Lipinski definition) is 2. The fourth-order valence-electron chi connectivity index (χ4n) is 4.00. The SMILES string of the molecule is C=CCOC(=O)c1sc(N2C(=O)C(=O)/C(=C(/O)c3ccc(OCC(C)C)cc3)C2c2ccc(O)cc2)nc1C. The summed E-state index contributed by atoms with van der Waals surface area (Å²) in [7, 11) is 0. The third kappa shape index (κ3) is 5.70. The summed E-state index contributed by atoms with van der Waals surface area (Å²) < 4.78 is 10.8. The third-order valence-electron chi connectivity index (χ3n) is 5.87. The van der Waals surface area contributed by atoms with Crippen LogP contribution >= 0.6 is 11.3 Å². The molecule has 39 heavy (non-hydrogen) atoms. The number of aliphatic hydroxyl groups is 1. The van der Waals surface area contributed by atoms with Gasteiger partial charge in [0.05, 0.1) is 23.9 Å². The molecule has 1 unspecified atom stereocenters. The number of aromatic nitrogens is 1. The van der Waals surface area contributed by atoms with Crippen molar-refractivity contribution in [1.82, 2.24) is 4.98 Å². The van der Waals surface area contributed by atoms with Gasteiger partial charge in [0.2, 0.25) is 0 Å². The molecule has 0 spiro atoms. The van der Waals surface area contributed by atoms with Crippen LogP contribution in [-0.4, -0.2) is 46.1 Å². The number of carbonyl (C=O) groups excluding carboxylic acids is 3. The summed E-state index contributed by atoms with van der Waals surface area (Å²) in [6.45, 7) is 9.70. The maximum Gasteiger partial charge on any atom is 0.350 e. The van der Waals surface area contributed by atoms with Gasteiger partial charge in [-0.1, -0.05) is 50.0 Å². The molecule has 1 aliphatic rings. The topological polar surface area (TPSA) is 126 Å². The van der Waals surface area contributed by atoms with Crippen LogP contribution in [0.4, 0.5) is 5.13 Å². The van der Waals surface area contributed by atoms with Gasteiger partial charge in [-0.2, -0.15) is 0 Å². The van der Waals surface area contributed by atoms with E-state index in [2.05, 4.69) is 11.6 Å². The highest BCUT2D eigenvalue weighted by atomic mass is 32.1. The number of thiazole rings is 1. The number of rotatable bonds is 9. The van der Waals surface area contributed by atoms with Crippen molar-refractivity contribution in [2.75, 3.05) is 18.1 Å². The molecule has 2 N–H and O–H groups in total. The van der Waals surface area contributed by atoms with Gasteiger partial charge >= 0.3 is 11.9 Å². The first-order valence-electron chi connectivity index (χ1n) is 12.2. The zero-order valence-electron chi connectivity index (χ0n) is 21.7. The van der Waals surface area contributed by atoms with Crippen molar-refractivity contribution in [3.8, 4) is 11.5 Å². The molecule has 1 atom stereocenters. The highest BCUT2D eigenvalue weighted by Crippen LogP contribution is 2.44. The predicted octanol–water partition coefficient (Wildman–Crippen LogP) is 5.16. The number of amides is 1. The maximum atomic E-state index is 13.4. The molecule has 0 radical (unpaired) electrons. The van der Waals surface area contributed by atoms with E-state index < -0.39 is 23.7 Å². The second kappa shape index (κ2) is 11.5. The van der Waals surface area contributed by atoms with Gasteiger partial charge in [0.15, 0.2) is 5.13 Å². The second-order valence-corrected chi connectivity index (χ2v) is 10.3. The number of phenolic OH excluding ortho intramolecular Hbond substituents is 1. The lowest BCUT2D eigenvalue weighted by Gasteiger charge is -2.23. The van der Waals surface area contributed by atoms with Gasteiger partial charge in [-0.25, -0.2) is 9.78 Å². The number of Topliss-reactive ketones (excluding diaryl/α,β-unsaturated/α-hetero) is 1. The smallest absolute Gasteiger partial charge is 0.350 e. The number of esters is 1. The lowest BCUT2D eigenvalue weighted by molar-refractivity contribution is -0.132. The number of carbonyl (C=O) groups is 3. The summed E-state index contributed by atoms with van der Waals surface area (Å²) in [6, 6.07) is 11.4. The highest BCUT2D eigenvalue weighted by molar-refractivity contribution is 7.17. The molecule has 10 heteroatoms. The number of ketones is 1. The number of phenols is 1. The molecule has 1 saturated heterocycles. The van der Waals surface area contributed by atoms with Crippen molar-refractivity contribution >= 4 is 39.9 Å². The second-order valence-electron chi connectivity index (χ2n) is 9.29. The Kier molecular flexibility index (Phi) is 8.15. The van der Waals surface area contributed by atoms with E-state index in [9.17, 15) is 24.6 Å². The van der Waals surface area contributed by atoms with E-state index in [-0.39, 0.29) is 33.7 Å². The van der Waals surface area contributed by atoms with Gasteiger partial charge < -0.3 is 19.7 Å². The Hall–Kier alpha value is -4.44. The van der Waals surface area contributed by atoms with Crippen LogP contribution in [-0.2, 0) is 14.3 Å². The largest absolute Gasteiger partial charge is 0.508 e. The third-order valence-corrected chi connectivity index (χ3v) is 7.01.